The number of hydrogen-bond donors (Lipinski definition) is 0. The molecule has 0 bridgehead atoms. The summed E-state index contributed by atoms with van der Waals surface area (Å²) in [5.41, 5.74) is 5.11. The van der Waals surface area contributed by atoms with Gasteiger partial charge in [0.1, 0.15) is 0 Å². The Labute approximate surface area is 174 Å². The van der Waals surface area contributed by atoms with Gasteiger partial charge in [0.2, 0.25) is 0 Å². The number of para-hydroxylation sites is 2. The van der Waals surface area contributed by atoms with Crippen LogP contribution >= 0.6 is 0 Å². The van der Waals surface area contributed by atoms with Crippen LogP contribution in [0.15, 0.2) is 107 Å². The second-order valence-corrected chi connectivity index (χ2v) is 6.87. The van der Waals surface area contributed by atoms with Crippen LogP contribution in [0, 0.1) is 0 Å². The van der Waals surface area contributed by atoms with Crippen LogP contribution in [0.2, 0.25) is 0 Å². The molecule has 0 radical (unpaired) electrons. The van der Waals surface area contributed by atoms with Crippen molar-refractivity contribution in [2.24, 2.45) is 9.98 Å². The van der Waals surface area contributed by atoms with Gasteiger partial charge in [0, 0.05) is 10.8 Å². The molecule has 4 heteroatoms. The predicted octanol–water partition coefficient (Wildman–Crippen LogP) is 6.28. The van der Waals surface area contributed by atoms with Crippen LogP contribution in [0.3, 0.4) is 0 Å². The fourth-order valence-electron chi connectivity index (χ4n) is 3.25. The van der Waals surface area contributed by atoms with Crippen LogP contribution in [-0.4, -0.2) is 22.4 Å². The monoisotopic (exact) mass is 386 g/mol. The summed E-state index contributed by atoms with van der Waals surface area (Å²) in [7, 11) is 0. The third-order valence-corrected chi connectivity index (χ3v) is 4.77. The maximum absolute atomic E-state index is 4.82. The van der Waals surface area contributed by atoms with Crippen molar-refractivity contribution in [3.8, 4) is 0 Å². The molecule has 0 aliphatic heterocycles. The van der Waals surface area contributed by atoms with Crippen molar-refractivity contribution in [2.75, 3.05) is 0 Å². The summed E-state index contributed by atoms with van der Waals surface area (Å²) in [6.07, 6.45) is 3.57. The topological polar surface area (TPSA) is 50.5 Å². The van der Waals surface area contributed by atoms with Gasteiger partial charge in [0.15, 0.2) is 0 Å². The molecule has 5 rings (SSSR count). The summed E-state index contributed by atoms with van der Waals surface area (Å²) in [5, 5.41) is 2.09. The Morgan fingerprint density at radius 1 is 0.467 bits per heavy atom. The number of rotatable bonds is 4. The molecule has 5 aromatic rings. The molecule has 0 amide bonds. The van der Waals surface area contributed by atoms with Gasteiger partial charge < -0.3 is 0 Å². The van der Waals surface area contributed by atoms with E-state index in [9.17, 15) is 0 Å². The fourth-order valence-corrected chi connectivity index (χ4v) is 3.25. The molecule has 0 spiro atoms. The van der Waals surface area contributed by atoms with Crippen LogP contribution in [0.4, 0.5) is 11.4 Å². The van der Waals surface area contributed by atoms with Crippen molar-refractivity contribution in [3.05, 3.63) is 108 Å². The van der Waals surface area contributed by atoms with Crippen molar-refractivity contribution in [1.29, 1.82) is 0 Å². The maximum Gasteiger partial charge on any atom is 0.0972 e. The number of hydrogen-bond acceptors (Lipinski definition) is 4. The fraction of sp³-hybridized carbons (Fsp3) is 0. The number of fused-ring (bicyclic) bond motifs is 3. The second-order valence-electron chi connectivity index (χ2n) is 6.87. The first kappa shape index (κ1) is 17.9. The molecule has 0 saturated carbocycles. The van der Waals surface area contributed by atoms with Gasteiger partial charge in [-0.1, -0.05) is 60.7 Å². The molecule has 0 unspecified atom stereocenters. The molecule has 0 fully saturated rings. The standard InChI is InChI=1S/C26H18N4/c1-3-7-21(8-4-1)27-17-23-15-13-19-11-12-20-14-16-24(30-26(20)25(19)29-23)18-28-22-9-5-2-6-10-22/h1-18H. The van der Waals surface area contributed by atoms with Crippen LogP contribution in [-0.2, 0) is 0 Å². The Morgan fingerprint density at radius 2 is 0.867 bits per heavy atom. The van der Waals surface area contributed by atoms with E-state index in [4.69, 9.17) is 9.97 Å². The van der Waals surface area contributed by atoms with Gasteiger partial charge in [-0.2, -0.15) is 0 Å². The minimum Gasteiger partial charge on any atom is -0.255 e. The molecular weight excluding hydrogens is 368 g/mol. The van der Waals surface area contributed by atoms with E-state index < -0.39 is 0 Å². The zero-order valence-corrected chi connectivity index (χ0v) is 16.2. The highest BCUT2D eigenvalue weighted by atomic mass is 14.8. The van der Waals surface area contributed by atoms with Crippen LogP contribution < -0.4 is 0 Å². The van der Waals surface area contributed by atoms with Crippen molar-refractivity contribution in [3.63, 3.8) is 0 Å². The van der Waals surface area contributed by atoms with Gasteiger partial charge in [-0.15, -0.1) is 0 Å². The normalized spacial score (nSPS) is 11.7. The van der Waals surface area contributed by atoms with Crippen molar-refractivity contribution >= 4 is 45.6 Å². The maximum atomic E-state index is 4.82. The zero-order chi connectivity index (χ0) is 20.2. The molecule has 0 aliphatic carbocycles. The van der Waals surface area contributed by atoms with E-state index in [1.165, 1.54) is 0 Å². The SMILES string of the molecule is C(=Nc1ccccc1)c1ccc2ccc3ccc(C=Nc4ccccc4)nc3c2n1. The van der Waals surface area contributed by atoms with E-state index >= 15 is 0 Å². The van der Waals surface area contributed by atoms with Gasteiger partial charge in [0.05, 0.1) is 46.2 Å². The number of nitrogens with zero attached hydrogens (tertiary/aromatic N) is 4. The van der Waals surface area contributed by atoms with E-state index in [0.717, 1.165) is 44.6 Å². The summed E-state index contributed by atoms with van der Waals surface area (Å²) in [6.45, 7) is 0. The molecule has 4 nitrogen and oxygen atoms in total. The predicted molar refractivity (Wildman–Crippen MR) is 124 cm³/mol. The molecule has 0 atom stereocenters. The molecule has 30 heavy (non-hydrogen) atoms. The minimum atomic E-state index is 0.795. The molecule has 0 aliphatic rings. The lowest BCUT2D eigenvalue weighted by Gasteiger charge is -2.05. The second kappa shape index (κ2) is 8.05. The van der Waals surface area contributed by atoms with E-state index in [1.54, 1.807) is 12.4 Å². The summed E-state index contributed by atoms with van der Waals surface area (Å²) in [5.74, 6) is 0. The highest BCUT2D eigenvalue weighted by Crippen LogP contribution is 2.23. The number of pyridine rings is 2. The molecule has 0 saturated heterocycles. The Hall–Kier alpha value is -4.18. The molecule has 142 valence electrons. The highest BCUT2D eigenvalue weighted by Gasteiger charge is 2.05. The Balaban J connectivity index is 1.55. The first-order valence-corrected chi connectivity index (χ1v) is 9.74. The zero-order valence-electron chi connectivity index (χ0n) is 16.2. The lowest BCUT2D eigenvalue weighted by Crippen LogP contribution is -1.93. The molecule has 0 N–H and O–H groups in total. The molecule has 2 aromatic heterocycles. The third-order valence-electron chi connectivity index (χ3n) is 4.77. The van der Waals surface area contributed by atoms with E-state index in [0.29, 0.717) is 0 Å². The highest BCUT2D eigenvalue weighted by molar-refractivity contribution is 6.04. The van der Waals surface area contributed by atoms with Gasteiger partial charge in [-0.25, -0.2) is 9.97 Å². The summed E-state index contributed by atoms with van der Waals surface area (Å²) in [4.78, 5) is 18.7. The summed E-state index contributed by atoms with van der Waals surface area (Å²) >= 11 is 0. The number of aromatic nitrogens is 2. The minimum absolute atomic E-state index is 0.795. The largest absolute Gasteiger partial charge is 0.255 e. The summed E-state index contributed by atoms with van der Waals surface area (Å²) < 4.78 is 0. The van der Waals surface area contributed by atoms with Crippen molar-refractivity contribution in [2.45, 2.75) is 0 Å². The number of benzene rings is 3. The number of aliphatic imine (C=N–C) groups is 2. The van der Waals surface area contributed by atoms with Crippen LogP contribution in [0.25, 0.3) is 21.8 Å². The van der Waals surface area contributed by atoms with Gasteiger partial charge in [0.25, 0.3) is 0 Å². The average Bonchev–Trinajstić information content (AvgIpc) is 2.82. The van der Waals surface area contributed by atoms with Gasteiger partial charge in [-0.3, -0.25) is 9.98 Å². The first-order valence-electron chi connectivity index (χ1n) is 9.74. The van der Waals surface area contributed by atoms with Crippen LogP contribution in [0.1, 0.15) is 11.4 Å². The lowest BCUT2D eigenvalue weighted by atomic mass is 10.1. The van der Waals surface area contributed by atoms with Crippen molar-refractivity contribution < 1.29 is 0 Å². The lowest BCUT2D eigenvalue weighted by molar-refractivity contribution is 1.34. The van der Waals surface area contributed by atoms with E-state index in [2.05, 4.69) is 34.3 Å². The first-order chi connectivity index (χ1) is 14.8. The van der Waals surface area contributed by atoms with Crippen LogP contribution in [0.5, 0.6) is 0 Å². The van der Waals surface area contributed by atoms with Gasteiger partial charge >= 0.3 is 0 Å². The Morgan fingerprint density at radius 3 is 1.30 bits per heavy atom. The molecule has 3 aromatic carbocycles. The molecular formula is C26H18N4. The van der Waals surface area contributed by atoms with E-state index in [-0.39, 0.29) is 0 Å². The van der Waals surface area contributed by atoms with Gasteiger partial charge in [-0.05, 0) is 36.4 Å². The Kier molecular flexibility index (Phi) is 4.80. The van der Waals surface area contributed by atoms with E-state index in [1.807, 2.05) is 72.8 Å². The summed E-state index contributed by atoms with van der Waals surface area (Å²) in [6, 6.07) is 31.9. The Bertz CT molecular complexity index is 1270. The smallest absolute Gasteiger partial charge is 0.0972 e. The molecule has 2 heterocycles. The third kappa shape index (κ3) is 3.84. The van der Waals surface area contributed by atoms with Crippen molar-refractivity contribution in [1.82, 2.24) is 9.97 Å². The quantitative estimate of drug-likeness (QED) is 0.269. The average molecular weight is 386 g/mol.